The van der Waals surface area contributed by atoms with Crippen molar-refractivity contribution in [3.05, 3.63) is 93.4 Å². The second kappa shape index (κ2) is 11.9. The predicted molar refractivity (Wildman–Crippen MR) is 148 cm³/mol. The molecule has 1 saturated heterocycles. The summed E-state index contributed by atoms with van der Waals surface area (Å²) < 4.78 is 11.3. The van der Waals surface area contributed by atoms with Crippen molar-refractivity contribution in [1.82, 2.24) is 4.90 Å². The smallest absolute Gasteiger partial charge is 0.335 e. The largest absolute Gasteiger partial charge is 0.493 e. The number of hydrogen-bond donors (Lipinski definition) is 2. The number of benzene rings is 3. The lowest BCUT2D eigenvalue weighted by atomic mass is 10.1. The van der Waals surface area contributed by atoms with E-state index in [1.165, 1.54) is 19.2 Å². The molecule has 0 aromatic heterocycles. The van der Waals surface area contributed by atoms with Crippen LogP contribution in [-0.2, 0) is 16.2 Å². The Morgan fingerprint density at radius 3 is 2.38 bits per heavy atom. The minimum absolute atomic E-state index is 0.187. The van der Waals surface area contributed by atoms with Crippen LogP contribution in [-0.4, -0.2) is 46.7 Å². The van der Waals surface area contributed by atoms with E-state index in [4.69, 9.17) is 14.6 Å². The van der Waals surface area contributed by atoms with E-state index >= 15 is 0 Å². The second-order valence-corrected chi connectivity index (χ2v) is 9.81. The maximum Gasteiger partial charge on any atom is 0.335 e. The van der Waals surface area contributed by atoms with Gasteiger partial charge in [0.25, 0.3) is 11.1 Å². The van der Waals surface area contributed by atoms with Gasteiger partial charge in [-0.25, -0.2) is 4.79 Å². The van der Waals surface area contributed by atoms with Crippen molar-refractivity contribution in [2.45, 2.75) is 20.5 Å². The van der Waals surface area contributed by atoms with Crippen LogP contribution in [0.5, 0.6) is 11.5 Å². The summed E-state index contributed by atoms with van der Waals surface area (Å²) in [5, 5.41) is 11.2. The van der Waals surface area contributed by atoms with Crippen LogP contribution in [0.4, 0.5) is 10.5 Å². The normalized spacial score (nSPS) is 14.0. The van der Waals surface area contributed by atoms with Gasteiger partial charge in [-0.15, -0.1) is 0 Å². The predicted octanol–water partition coefficient (Wildman–Crippen LogP) is 5.26. The van der Waals surface area contributed by atoms with Crippen LogP contribution in [0.15, 0.2) is 65.6 Å². The molecule has 0 atom stereocenters. The molecule has 2 N–H and O–H groups in total. The molecule has 0 bridgehead atoms. The van der Waals surface area contributed by atoms with Gasteiger partial charge in [0.1, 0.15) is 13.2 Å². The standard InChI is InChI=1S/C29H26N2O7S/c1-17-4-10-22(12-18(17)2)30-26(32)15-31-27(33)25(39-29(31)36)14-20-7-11-23(24(13-20)37-3)38-16-19-5-8-21(9-6-19)28(34)35/h4-14H,15-16H2,1-3H3,(H,30,32)(H,34,35)/b25-14-. The molecule has 3 amide bonds. The molecule has 1 aliphatic heterocycles. The molecule has 1 heterocycles. The molecule has 39 heavy (non-hydrogen) atoms. The summed E-state index contributed by atoms with van der Waals surface area (Å²) in [7, 11) is 1.48. The molecule has 200 valence electrons. The van der Waals surface area contributed by atoms with Crippen LogP contribution in [0.2, 0.25) is 0 Å². The first-order valence-corrected chi connectivity index (χ1v) is 12.7. The summed E-state index contributed by atoms with van der Waals surface area (Å²) in [6, 6.07) is 16.9. The van der Waals surface area contributed by atoms with E-state index in [0.717, 1.165) is 33.4 Å². The fourth-order valence-electron chi connectivity index (χ4n) is 3.75. The van der Waals surface area contributed by atoms with Crippen LogP contribution >= 0.6 is 11.8 Å². The lowest BCUT2D eigenvalue weighted by Crippen LogP contribution is -2.36. The highest BCUT2D eigenvalue weighted by Gasteiger charge is 2.36. The van der Waals surface area contributed by atoms with Crippen LogP contribution < -0.4 is 14.8 Å². The minimum Gasteiger partial charge on any atom is -0.493 e. The van der Waals surface area contributed by atoms with Gasteiger partial charge in [0.15, 0.2) is 11.5 Å². The van der Waals surface area contributed by atoms with Crippen molar-refractivity contribution in [2.24, 2.45) is 0 Å². The number of amides is 3. The first kappa shape index (κ1) is 27.5. The highest BCUT2D eigenvalue weighted by atomic mass is 32.2. The number of methoxy groups -OCH3 is 1. The van der Waals surface area contributed by atoms with Gasteiger partial charge in [0, 0.05) is 5.69 Å². The third kappa shape index (κ3) is 6.66. The number of carbonyl (C=O) groups excluding carboxylic acids is 3. The summed E-state index contributed by atoms with van der Waals surface area (Å²) in [6.45, 7) is 3.70. The molecule has 1 fully saturated rings. The number of carboxylic acid groups (broad SMARTS) is 1. The highest BCUT2D eigenvalue weighted by molar-refractivity contribution is 8.18. The number of carboxylic acids is 1. The van der Waals surface area contributed by atoms with Crippen molar-refractivity contribution in [1.29, 1.82) is 0 Å². The van der Waals surface area contributed by atoms with Crippen molar-refractivity contribution < 1.29 is 33.8 Å². The molecule has 0 spiro atoms. The molecule has 0 unspecified atom stereocenters. The molecule has 3 aromatic carbocycles. The van der Waals surface area contributed by atoms with Crippen molar-refractivity contribution >= 4 is 46.5 Å². The number of hydrogen-bond acceptors (Lipinski definition) is 7. The van der Waals surface area contributed by atoms with E-state index in [0.29, 0.717) is 22.7 Å². The number of ether oxygens (including phenoxy) is 2. The van der Waals surface area contributed by atoms with Crippen LogP contribution in [0.3, 0.4) is 0 Å². The fourth-order valence-corrected chi connectivity index (χ4v) is 4.59. The summed E-state index contributed by atoms with van der Waals surface area (Å²) in [5.41, 5.74) is 4.27. The number of anilines is 1. The zero-order chi connectivity index (χ0) is 28.1. The first-order valence-electron chi connectivity index (χ1n) is 11.9. The number of rotatable bonds is 9. The van der Waals surface area contributed by atoms with Gasteiger partial charge in [0.2, 0.25) is 5.91 Å². The molecular weight excluding hydrogens is 520 g/mol. The number of nitrogens with one attached hydrogen (secondary N) is 1. The lowest BCUT2D eigenvalue weighted by Gasteiger charge is -2.13. The van der Waals surface area contributed by atoms with Gasteiger partial charge in [0.05, 0.1) is 17.6 Å². The Kier molecular flexibility index (Phi) is 8.36. The summed E-state index contributed by atoms with van der Waals surface area (Å²) in [6.07, 6.45) is 1.56. The van der Waals surface area contributed by atoms with Gasteiger partial charge in [-0.05, 0) is 90.3 Å². The Morgan fingerprint density at radius 1 is 0.974 bits per heavy atom. The van der Waals surface area contributed by atoms with E-state index in [-0.39, 0.29) is 17.1 Å². The Bertz CT molecular complexity index is 1480. The van der Waals surface area contributed by atoms with Crippen molar-refractivity contribution in [2.75, 3.05) is 19.0 Å². The number of thioether (sulfide) groups is 1. The number of nitrogens with zero attached hydrogens (tertiary/aromatic N) is 1. The molecule has 3 aromatic rings. The molecule has 0 saturated carbocycles. The first-order chi connectivity index (χ1) is 18.6. The van der Waals surface area contributed by atoms with Gasteiger partial charge < -0.3 is 19.9 Å². The van der Waals surface area contributed by atoms with E-state index in [1.807, 2.05) is 26.0 Å². The zero-order valence-electron chi connectivity index (χ0n) is 21.5. The molecular formula is C29H26N2O7S. The van der Waals surface area contributed by atoms with E-state index < -0.39 is 29.6 Å². The molecule has 4 rings (SSSR count). The minimum atomic E-state index is -1.00. The number of aromatic carboxylic acids is 1. The highest BCUT2D eigenvalue weighted by Crippen LogP contribution is 2.35. The lowest BCUT2D eigenvalue weighted by molar-refractivity contribution is -0.127. The van der Waals surface area contributed by atoms with E-state index in [1.54, 1.807) is 42.5 Å². The molecule has 10 heteroatoms. The van der Waals surface area contributed by atoms with Crippen LogP contribution in [0, 0.1) is 13.8 Å². The fraction of sp³-hybridized carbons (Fsp3) is 0.172. The van der Waals surface area contributed by atoms with Gasteiger partial charge in [-0.1, -0.05) is 24.3 Å². The Labute approximate surface area is 229 Å². The Hall–Kier alpha value is -4.57. The Balaban J connectivity index is 1.41. The third-order valence-electron chi connectivity index (χ3n) is 6.05. The van der Waals surface area contributed by atoms with E-state index in [9.17, 15) is 19.2 Å². The number of carbonyl (C=O) groups is 4. The second-order valence-electron chi connectivity index (χ2n) is 8.82. The Morgan fingerprint density at radius 2 is 1.72 bits per heavy atom. The molecule has 0 aliphatic carbocycles. The maximum absolute atomic E-state index is 12.9. The quantitative estimate of drug-likeness (QED) is 0.348. The number of aryl methyl sites for hydroxylation is 2. The van der Waals surface area contributed by atoms with Crippen molar-refractivity contribution in [3.63, 3.8) is 0 Å². The number of imide groups is 1. The summed E-state index contributed by atoms with van der Waals surface area (Å²) >= 11 is 0.762. The SMILES string of the molecule is COc1cc(/C=C2\SC(=O)N(CC(=O)Nc3ccc(C)c(C)c3)C2=O)ccc1OCc1ccc(C(=O)O)cc1. The van der Waals surface area contributed by atoms with E-state index in [2.05, 4.69) is 5.32 Å². The molecule has 1 aliphatic rings. The average Bonchev–Trinajstić information content (AvgIpc) is 3.17. The molecule has 9 nitrogen and oxygen atoms in total. The van der Waals surface area contributed by atoms with Gasteiger partial charge in [-0.3, -0.25) is 19.3 Å². The van der Waals surface area contributed by atoms with Gasteiger partial charge in [-0.2, -0.15) is 0 Å². The van der Waals surface area contributed by atoms with Crippen LogP contribution in [0.25, 0.3) is 6.08 Å². The monoisotopic (exact) mass is 546 g/mol. The van der Waals surface area contributed by atoms with Crippen molar-refractivity contribution in [3.8, 4) is 11.5 Å². The zero-order valence-corrected chi connectivity index (χ0v) is 22.3. The topological polar surface area (TPSA) is 122 Å². The maximum atomic E-state index is 12.9. The van der Waals surface area contributed by atoms with Crippen LogP contribution in [0.1, 0.15) is 32.6 Å². The average molecular weight is 547 g/mol. The molecule has 0 radical (unpaired) electrons. The van der Waals surface area contributed by atoms with Gasteiger partial charge >= 0.3 is 5.97 Å². The third-order valence-corrected chi connectivity index (χ3v) is 6.95. The summed E-state index contributed by atoms with van der Waals surface area (Å²) in [5.74, 6) is -1.16. The summed E-state index contributed by atoms with van der Waals surface area (Å²) in [4.78, 5) is 50.0.